The van der Waals surface area contributed by atoms with Crippen LogP contribution in [0, 0.1) is 5.82 Å². The summed E-state index contributed by atoms with van der Waals surface area (Å²) in [6.45, 7) is 4.10. The number of rotatable bonds is 6. The van der Waals surface area contributed by atoms with Crippen molar-refractivity contribution in [2.45, 2.75) is 58.5 Å². The fourth-order valence-corrected chi connectivity index (χ4v) is 5.87. The van der Waals surface area contributed by atoms with Crippen molar-refractivity contribution in [3.8, 4) is 17.1 Å². The topological polar surface area (TPSA) is 92.6 Å². The van der Waals surface area contributed by atoms with Crippen LogP contribution in [-0.4, -0.2) is 26.3 Å². The van der Waals surface area contributed by atoms with Crippen LogP contribution in [0.15, 0.2) is 72.7 Å². The van der Waals surface area contributed by atoms with Gasteiger partial charge in [0.1, 0.15) is 17.3 Å². The zero-order valence-electron chi connectivity index (χ0n) is 24.1. The standard InChI is InChI=1S/C35H36FN5O/c1-3-32-31(17-24(19-37)25-16-28(21-38-20-25)42-27-7-5-4-6-8-27)35(41-40-32)34-18-30-29(23-10-12-26(36)13-11-23)14-9-22(2)15-33(30)39-34/h3,9-14,16-21,27,39-40H,4-8,15,37H2,1-2H3/b24-19+,31-17+,32-3-. The lowest BCUT2D eigenvalue weighted by molar-refractivity contribution is 0.154. The number of aromatic nitrogens is 4. The molecule has 42 heavy (non-hydrogen) atoms. The number of benzene rings is 1. The molecular weight excluding hydrogens is 525 g/mol. The van der Waals surface area contributed by atoms with E-state index in [0.717, 1.165) is 80.5 Å². The van der Waals surface area contributed by atoms with E-state index in [1.54, 1.807) is 12.4 Å². The maximum Gasteiger partial charge on any atom is 0.138 e. The molecule has 0 bridgehead atoms. The van der Waals surface area contributed by atoms with Crippen LogP contribution in [0.5, 0.6) is 5.75 Å². The molecule has 1 aromatic carbocycles. The number of nitrogens with two attached hydrogens (primary N) is 1. The zero-order valence-corrected chi connectivity index (χ0v) is 24.1. The van der Waals surface area contributed by atoms with E-state index in [0.29, 0.717) is 0 Å². The number of nitrogens with one attached hydrogen (secondary N) is 2. The van der Waals surface area contributed by atoms with Gasteiger partial charge < -0.3 is 15.5 Å². The number of allylic oxidation sites excluding steroid dienone is 4. The first-order valence-electron chi connectivity index (χ1n) is 14.6. The van der Waals surface area contributed by atoms with Crippen molar-refractivity contribution in [3.05, 3.63) is 111 Å². The number of pyridine rings is 1. The van der Waals surface area contributed by atoms with Crippen molar-refractivity contribution < 1.29 is 9.13 Å². The van der Waals surface area contributed by atoms with Crippen LogP contribution in [0.4, 0.5) is 4.39 Å². The Labute approximate surface area is 245 Å². The molecule has 2 aliphatic carbocycles. The summed E-state index contributed by atoms with van der Waals surface area (Å²) in [7, 11) is 0. The number of aromatic amines is 2. The van der Waals surface area contributed by atoms with Gasteiger partial charge in [-0.2, -0.15) is 5.10 Å². The van der Waals surface area contributed by atoms with E-state index in [-0.39, 0.29) is 11.9 Å². The molecule has 1 saturated carbocycles. The first kappa shape index (κ1) is 27.5. The van der Waals surface area contributed by atoms with E-state index in [2.05, 4.69) is 40.2 Å². The second-order valence-electron chi connectivity index (χ2n) is 11.1. The molecule has 0 radical (unpaired) electrons. The Morgan fingerprint density at radius 1 is 1.07 bits per heavy atom. The normalized spacial score (nSPS) is 17.1. The molecule has 3 aromatic heterocycles. The number of fused-ring (bicyclic) bond motifs is 1. The quantitative estimate of drug-likeness (QED) is 0.263. The van der Waals surface area contributed by atoms with E-state index in [9.17, 15) is 4.39 Å². The largest absolute Gasteiger partial charge is 0.489 e. The Morgan fingerprint density at radius 2 is 1.88 bits per heavy atom. The molecule has 0 atom stereocenters. The molecule has 3 heterocycles. The molecule has 7 heteroatoms. The smallest absolute Gasteiger partial charge is 0.138 e. The summed E-state index contributed by atoms with van der Waals surface area (Å²) in [5.41, 5.74) is 15.0. The number of halogens is 1. The van der Waals surface area contributed by atoms with Crippen LogP contribution >= 0.6 is 0 Å². The van der Waals surface area contributed by atoms with E-state index < -0.39 is 0 Å². The van der Waals surface area contributed by atoms with E-state index >= 15 is 0 Å². The summed E-state index contributed by atoms with van der Waals surface area (Å²) < 4.78 is 20.0. The van der Waals surface area contributed by atoms with Gasteiger partial charge in [-0.3, -0.25) is 10.1 Å². The predicted octanol–water partition coefficient (Wildman–Crippen LogP) is 6.17. The van der Waals surface area contributed by atoms with E-state index in [1.807, 2.05) is 43.5 Å². The minimum absolute atomic E-state index is 0.238. The van der Waals surface area contributed by atoms with Crippen molar-refractivity contribution in [3.63, 3.8) is 0 Å². The van der Waals surface area contributed by atoms with Gasteiger partial charge in [0, 0.05) is 40.9 Å². The van der Waals surface area contributed by atoms with Gasteiger partial charge >= 0.3 is 0 Å². The Morgan fingerprint density at radius 3 is 2.64 bits per heavy atom. The second kappa shape index (κ2) is 12.1. The summed E-state index contributed by atoms with van der Waals surface area (Å²) in [5.74, 6) is 0.512. The highest BCUT2D eigenvalue weighted by Crippen LogP contribution is 2.33. The zero-order chi connectivity index (χ0) is 29.1. The number of H-pyrrole nitrogens is 2. The first-order chi connectivity index (χ1) is 20.5. The van der Waals surface area contributed by atoms with Gasteiger partial charge in [0.15, 0.2) is 0 Å². The van der Waals surface area contributed by atoms with Crippen LogP contribution in [0.2, 0.25) is 0 Å². The van der Waals surface area contributed by atoms with Crippen molar-refractivity contribution >= 4 is 23.3 Å². The lowest BCUT2D eigenvalue weighted by Gasteiger charge is -2.23. The van der Waals surface area contributed by atoms with Gasteiger partial charge in [0.05, 0.1) is 23.3 Å². The molecular formula is C35H36FN5O. The predicted molar refractivity (Wildman–Crippen MR) is 167 cm³/mol. The first-order valence-corrected chi connectivity index (χ1v) is 14.6. The Hall–Kier alpha value is -4.65. The average Bonchev–Trinajstić information content (AvgIpc) is 3.57. The lowest BCUT2D eigenvalue weighted by atomic mass is 9.97. The van der Waals surface area contributed by atoms with Gasteiger partial charge in [0.2, 0.25) is 0 Å². The van der Waals surface area contributed by atoms with Crippen LogP contribution in [0.25, 0.3) is 34.7 Å². The molecule has 4 N–H and O–H groups in total. The number of hydrogen-bond donors (Lipinski definition) is 3. The molecule has 2 aliphatic rings. The van der Waals surface area contributed by atoms with Gasteiger partial charge in [-0.1, -0.05) is 42.4 Å². The maximum absolute atomic E-state index is 13.7. The third-order valence-electron chi connectivity index (χ3n) is 8.09. The molecule has 0 saturated heterocycles. The SMILES string of the molecule is C\C=c1/[nH]nc(-c2cc3c([nH]2)CC(C)=CC=C3c2ccc(F)cc2)/c1=C/C(=C\N)c1cncc(OC2CCCCC2)c1. The van der Waals surface area contributed by atoms with Gasteiger partial charge in [-0.15, -0.1) is 0 Å². The van der Waals surface area contributed by atoms with E-state index in [4.69, 9.17) is 15.6 Å². The van der Waals surface area contributed by atoms with Crippen LogP contribution in [-0.2, 0) is 6.42 Å². The Balaban J connectivity index is 1.39. The third-order valence-corrected chi connectivity index (χ3v) is 8.09. The second-order valence-corrected chi connectivity index (χ2v) is 11.1. The number of ether oxygens (including phenoxy) is 1. The molecule has 0 unspecified atom stereocenters. The molecule has 6 nitrogen and oxygen atoms in total. The summed E-state index contributed by atoms with van der Waals surface area (Å²) in [6.07, 6.45) is 20.3. The highest BCUT2D eigenvalue weighted by molar-refractivity contribution is 5.90. The molecule has 0 spiro atoms. The minimum Gasteiger partial charge on any atom is -0.489 e. The third kappa shape index (κ3) is 5.73. The van der Waals surface area contributed by atoms with Crippen molar-refractivity contribution in [2.75, 3.05) is 0 Å². The molecule has 0 aliphatic heterocycles. The molecule has 214 valence electrons. The van der Waals surface area contributed by atoms with Gasteiger partial charge in [0.25, 0.3) is 0 Å². The van der Waals surface area contributed by atoms with Crippen molar-refractivity contribution in [1.82, 2.24) is 20.2 Å². The van der Waals surface area contributed by atoms with E-state index in [1.165, 1.54) is 37.0 Å². The van der Waals surface area contributed by atoms with Crippen molar-refractivity contribution in [1.29, 1.82) is 0 Å². The fraction of sp³-hybridized carbons (Fsp3) is 0.257. The lowest BCUT2D eigenvalue weighted by Crippen LogP contribution is -2.23. The minimum atomic E-state index is -0.250. The summed E-state index contributed by atoms with van der Waals surface area (Å²) in [5, 5.41) is 9.72. The van der Waals surface area contributed by atoms with Gasteiger partial charge in [-0.25, -0.2) is 4.39 Å². The fourth-order valence-electron chi connectivity index (χ4n) is 5.87. The summed E-state index contributed by atoms with van der Waals surface area (Å²) >= 11 is 0. The summed E-state index contributed by atoms with van der Waals surface area (Å²) in [6, 6.07) is 10.8. The summed E-state index contributed by atoms with van der Waals surface area (Å²) in [4.78, 5) is 8.10. The Kier molecular flexibility index (Phi) is 7.91. The van der Waals surface area contributed by atoms with Crippen LogP contribution in [0.3, 0.4) is 0 Å². The highest BCUT2D eigenvalue weighted by Gasteiger charge is 2.20. The number of nitrogens with zero attached hydrogens (tertiary/aromatic N) is 2. The number of hydrogen-bond acceptors (Lipinski definition) is 4. The van der Waals surface area contributed by atoms with Crippen molar-refractivity contribution in [2.24, 2.45) is 5.73 Å². The average molecular weight is 562 g/mol. The molecule has 6 rings (SSSR count). The monoisotopic (exact) mass is 561 g/mol. The molecule has 4 aromatic rings. The van der Waals surface area contributed by atoms with Crippen LogP contribution < -0.4 is 21.0 Å². The van der Waals surface area contributed by atoms with Crippen LogP contribution in [0.1, 0.15) is 68.3 Å². The highest BCUT2D eigenvalue weighted by atomic mass is 19.1. The maximum atomic E-state index is 13.7. The molecule has 0 amide bonds. The Bertz CT molecular complexity index is 1800. The van der Waals surface area contributed by atoms with Gasteiger partial charge in [-0.05, 0) is 86.6 Å². The molecule has 1 fully saturated rings.